The quantitative estimate of drug-likeness (QED) is 0.326. The van der Waals surface area contributed by atoms with Crippen LogP contribution in [0.25, 0.3) is 5.76 Å². The van der Waals surface area contributed by atoms with Gasteiger partial charge in [-0.3, -0.25) is 14.5 Å². The minimum absolute atomic E-state index is 0.126. The van der Waals surface area contributed by atoms with Crippen LogP contribution in [0.4, 0.5) is 10.2 Å². The van der Waals surface area contributed by atoms with Crippen molar-refractivity contribution in [1.82, 2.24) is 5.16 Å². The monoisotopic (exact) mass is 454 g/mol. The van der Waals surface area contributed by atoms with Crippen LogP contribution in [0.1, 0.15) is 43.7 Å². The molecule has 2 heterocycles. The average Bonchev–Trinajstić information content (AvgIpc) is 3.32. The number of carbonyl (C=O) groups excluding carboxylic acids is 2. The summed E-state index contributed by atoms with van der Waals surface area (Å²) in [5.41, 5.74) is 0.230. The van der Waals surface area contributed by atoms with Gasteiger partial charge in [0, 0.05) is 22.1 Å². The lowest BCUT2D eigenvalue weighted by Gasteiger charge is -2.23. The molecule has 0 radical (unpaired) electrons. The van der Waals surface area contributed by atoms with Crippen molar-refractivity contribution in [3.8, 4) is 0 Å². The largest absolute Gasteiger partial charge is 0.507 e. The number of rotatable bonds is 3. The third-order valence-corrected chi connectivity index (χ3v) is 5.48. The number of aliphatic hydroxyl groups is 1. The van der Waals surface area contributed by atoms with E-state index in [2.05, 4.69) is 5.16 Å². The Morgan fingerprint density at radius 3 is 2.28 bits per heavy atom. The predicted molar refractivity (Wildman–Crippen MR) is 118 cm³/mol. The van der Waals surface area contributed by atoms with Gasteiger partial charge in [0.1, 0.15) is 17.3 Å². The summed E-state index contributed by atoms with van der Waals surface area (Å²) in [4.78, 5) is 27.3. The summed E-state index contributed by atoms with van der Waals surface area (Å²) in [5.74, 6) is -1.95. The van der Waals surface area contributed by atoms with Crippen molar-refractivity contribution in [3.63, 3.8) is 0 Å². The summed E-state index contributed by atoms with van der Waals surface area (Å²) in [6.07, 6.45) is 0. The summed E-state index contributed by atoms with van der Waals surface area (Å²) < 4.78 is 19.0. The molecule has 1 aliphatic rings. The van der Waals surface area contributed by atoms with Gasteiger partial charge in [0.25, 0.3) is 5.78 Å². The average molecular weight is 455 g/mol. The zero-order chi connectivity index (χ0) is 23.2. The fourth-order valence-electron chi connectivity index (χ4n) is 3.53. The Hall–Kier alpha value is -3.45. The molecule has 2 aromatic carbocycles. The molecule has 0 bridgehead atoms. The van der Waals surface area contributed by atoms with E-state index in [1.54, 1.807) is 30.3 Å². The Balaban J connectivity index is 1.91. The molecule has 1 amide bonds. The van der Waals surface area contributed by atoms with Gasteiger partial charge in [0.15, 0.2) is 5.82 Å². The number of anilines is 1. The van der Waals surface area contributed by atoms with Gasteiger partial charge in [-0.15, -0.1) is 0 Å². The molecular weight excluding hydrogens is 435 g/mol. The number of carbonyl (C=O) groups is 2. The molecule has 1 aromatic heterocycles. The van der Waals surface area contributed by atoms with E-state index in [9.17, 15) is 19.1 Å². The van der Waals surface area contributed by atoms with Gasteiger partial charge in [-0.05, 0) is 42.0 Å². The maximum atomic E-state index is 13.6. The van der Waals surface area contributed by atoms with Crippen LogP contribution in [0.3, 0.4) is 0 Å². The van der Waals surface area contributed by atoms with E-state index in [4.69, 9.17) is 16.1 Å². The number of aliphatic hydroxyl groups excluding tert-OH is 1. The lowest BCUT2D eigenvalue weighted by molar-refractivity contribution is -0.132. The van der Waals surface area contributed by atoms with Crippen LogP contribution in [-0.2, 0) is 15.0 Å². The Kier molecular flexibility index (Phi) is 5.38. The summed E-state index contributed by atoms with van der Waals surface area (Å²) in [7, 11) is 0. The Labute approximate surface area is 188 Å². The number of hydrogen-bond donors (Lipinski definition) is 1. The highest BCUT2D eigenvalue weighted by atomic mass is 35.5. The summed E-state index contributed by atoms with van der Waals surface area (Å²) in [5, 5.41) is 15.5. The lowest BCUT2D eigenvalue weighted by Crippen LogP contribution is -2.29. The van der Waals surface area contributed by atoms with Crippen molar-refractivity contribution in [2.45, 2.75) is 32.2 Å². The van der Waals surface area contributed by atoms with Gasteiger partial charge in [0.05, 0.1) is 11.6 Å². The van der Waals surface area contributed by atoms with E-state index in [1.807, 2.05) is 20.8 Å². The number of benzene rings is 2. The molecule has 1 aliphatic heterocycles. The minimum Gasteiger partial charge on any atom is -0.507 e. The van der Waals surface area contributed by atoms with E-state index in [0.29, 0.717) is 21.9 Å². The van der Waals surface area contributed by atoms with Gasteiger partial charge in [0.2, 0.25) is 0 Å². The zero-order valence-electron chi connectivity index (χ0n) is 17.6. The van der Waals surface area contributed by atoms with Crippen LogP contribution in [0.2, 0.25) is 5.02 Å². The third kappa shape index (κ3) is 3.80. The first-order valence-electron chi connectivity index (χ1n) is 9.87. The predicted octanol–water partition coefficient (Wildman–Crippen LogP) is 5.39. The highest BCUT2D eigenvalue weighted by Gasteiger charge is 2.48. The third-order valence-electron chi connectivity index (χ3n) is 5.23. The van der Waals surface area contributed by atoms with E-state index >= 15 is 0 Å². The Bertz CT molecular complexity index is 1220. The normalized spacial score (nSPS) is 18.4. The molecule has 3 aromatic rings. The van der Waals surface area contributed by atoms with Gasteiger partial charge in [-0.25, -0.2) is 4.39 Å². The van der Waals surface area contributed by atoms with Crippen LogP contribution in [-0.4, -0.2) is 22.0 Å². The minimum atomic E-state index is -1.02. The van der Waals surface area contributed by atoms with Gasteiger partial charge >= 0.3 is 5.91 Å². The Morgan fingerprint density at radius 2 is 1.72 bits per heavy atom. The highest BCUT2D eigenvalue weighted by molar-refractivity contribution is 6.51. The maximum Gasteiger partial charge on any atom is 0.301 e. The van der Waals surface area contributed by atoms with E-state index in [0.717, 1.165) is 4.90 Å². The SMILES string of the molecule is CC(C)(C)c1cc(N2C(=O)C(=O)/C(=C(/O)c3ccc(Cl)cc3)C2c2ccc(F)cc2)no1. The molecule has 1 saturated heterocycles. The molecule has 4 rings (SSSR count). The van der Waals surface area contributed by atoms with Crippen molar-refractivity contribution >= 4 is 34.9 Å². The van der Waals surface area contributed by atoms with Gasteiger partial charge in [-0.1, -0.05) is 49.7 Å². The topological polar surface area (TPSA) is 83.6 Å². The standard InChI is InChI=1S/C24H20ClFN2O4/c1-24(2,3)17-12-18(27-32-17)28-20(13-6-10-16(26)11-7-13)19(22(30)23(28)31)21(29)14-4-8-15(25)9-5-14/h4-12,20,29H,1-3H3/b21-19+. The van der Waals surface area contributed by atoms with Crippen LogP contribution < -0.4 is 4.90 Å². The molecule has 8 heteroatoms. The maximum absolute atomic E-state index is 13.6. The number of hydrogen-bond acceptors (Lipinski definition) is 5. The van der Waals surface area contributed by atoms with Crippen molar-refractivity contribution < 1.29 is 23.6 Å². The second-order valence-corrected chi connectivity index (χ2v) is 8.96. The van der Waals surface area contributed by atoms with Crippen LogP contribution in [0, 0.1) is 5.82 Å². The fraction of sp³-hybridized carbons (Fsp3) is 0.208. The molecule has 32 heavy (non-hydrogen) atoms. The highest BCUT2D eigenvalue weighted by Crippen LogP contribution is 2.42. The first kappa shape index (κ1) is 21.8. The Morgan fingerprint density at radius 1 is 1.09 bits per heavy atom. The molecule has 0 saturated carbocycles. The van der Waals surface area contributed by atoms with Crippen LogP contribution in [0.5, 0.6) is 0 Å². The molecule has 0 spiro atoms. The molecule has 164 valence electrons. The number of aromatic nitrogens is 1. The molecule has 0 aliphatic carbocycles. The zero-order valence-corrected chi connectivity index (χ0v) is 18.4. The summed E-state index contributed by atoms with van der Waals surface area (Å²) in [6, 6.07) is 12.1. The van der Waals surface area contributed by atoms with Crippen molar-refractivity contribution in [3.05, 3.63) is 87.9 Å². The second-order valence-electron chi connectivity index (χ2n) is 8.53. The first-order chi connectivity index (χ1) is 15.1. The van der Waals surface area contributed by atoms with E-state index in [-0.39, 0.29) is 22.6 Å². The molecule has 1 fully saturated rings. The van der Waals surface area contributed by atoms with Gasteiger partial charge in [-0.2, -0.15) is 0 Å². The van der Waals surface area contributed by atoms with Gasteiger partial charge < -0.3 is 9.63 Å². The van der Waals surface area contributed by atoms with E-state index in [1.165, 1.54) is 24.3 Å². The van der Waals surface area contributed by atoms with Crippen LogP contribution >= 0.6 is 11.6 Å². The second kappa shape index (κ2) is 7.91. The molecular formula is C24H20ClFN2O4. The molecule has 1 N–H and O–H groups in total. The molecule has 6 nitrogen and oxygen atoms in total. The van der Waals surface area contributed by atoms with Crippen molar-refractivity contribution in [2.24, 2.45) is 0 Å². The number of halogens is 2. The summed E-state index contributed by atoms with van der Waals surface area (Å²) >= 11 is 5.93. The first-order valence-corrected chi connectivity index (χ1v) is 10.3. The van der Waals surface area contributed by atoms with Crippen molar-refractivity contribution in [1.29, 1.82) is 0 Å². The smallest absolute Gasteiger partial charge is 0.301 e. The van der Waals surface area contributed by atoms with Crippen molar-refractivity contribution in [2.75, 3.05) is 4.90 Å². The molecule has 1 unspecified atom stereocenters. The van der Waals surface area contributed by atoms with E-state index < -0.39 is 23.5 Å². The van der Waals surface area contributed by atoms with Crippen LogP contribution in [0.15, 0.2) is 64.7 Å². The number of Topliss-reactive ketones (excluding diaryl/α,β-unsaturated/α-hetero) is 1. The fourth-order valence-corrected chi connectivity index (χ4v) is 3.65. The lowest BCUT2D eigenvalue weighted by atomic mass is 9.93. The number of nitrogens with zero attached hydrogens (tertiary/aromatic N) is 2. The number of ketones is 1. The molecule has 1 atom stereocenters. The number of amides is 1. The summed E-state index contributed by atoms with van der Waals surface area (Å²) in [6.45, 7) is 5.76.